The summed E-state index contributed by atoms with van der Waals surface area (Å²) in [5.41, 5.74) is 0. The number of rotatable bonds is 59. The van der Waals surface area contributed by atoms with E-state index in [0.717, 1.165) is 141 Å². The minimum Gasteiger partial charge on any atom is -0.463 e. The Hall–Kier alpha value is -5.03. The zero-order valence-electron chi connectivity index (χ0n) is 64.4. The van der Waals surface area contributed by atoms with E-state index in [1.54, 1.807) is 0 Å². The molecule has 15 unspecified atom stereocenters. The van der Waals surface area contributed by atoms with Gasteiger partial charge in [0.15, 0.2) is 0 Å². The lowest BCUT2D eigenvalue weighted by Crippen LogP contribution is -2.43. The van der Waals surface area contributed by atoms with E-state index < -0.39 is 23.7 Å². The Bertz CT molecular complexity index is 2560. The van der Waals surface area contributed by atoms with Gasteiger partial charge in [0, 0.05) is 19.3 Å². The van der Waals surface area contributed by atoms with Crippen LogP contribution < -0.4 is 0 Å². The van der Waals surface area contributed by atoms with Gasteiger partial charge in [0.2, 0.25) is 0 Å². The lowest BCUT2D eigenvalue weighted by molar-refractivity contribution is -0.166. The van der Waals surface area contributed by atoms with Crippen molar-refractivity contribution in [2.45, 2.75) is 301 Å². The number of ether oxygens (including phenoxy) is 14. The molecule has 105 heavy (non-hydrogen) atoms. The van der Waals surface area contributed by atoms with Crippen LogP contribution in [0.3, 0.4) is 0 Å². The molecule has 0 radical (unpaired) electrons. The molecule has 596 valence electrons. The fourth-order valence-electron chi connectivity index (χ4n) is 13.7. The largest absolute Gasteiger partial charge is 0.463 e. The van der Waals surface area contributed by atoms with Crippen LogP contribution >= 0.6 is 0 Å². The average Bonchev–Trinajstić information content (AvgIpc) is 1.77. The zero-order chi connectivity index (χ0) is 74.3. The highest BCUT2D eigenvalue weighted by molar-refractivity contribution is 5.84. The van der Waals surface area contributed by atoms with E-state index in [1.807, 2.05) is 0 Å². The molecule has 0 amide bonds. The summed E-state index contributed by atoms with van der Waals surface area (Å²) in [4.78, 5) is 88.7. The summed E-state index contributed by atoms with van der Waals surface area (Å²) in [7, 11) is 0. The van der Waals surface area contributed by atoms with Crippen molar-refractivity contribution in [3.8, 4) is 0 Å². The third kappa shape index (κ3) is 40.8. The standard InChI is InChI=1S/C32H50O9.C31H46O9.C21H38O3/c1-2-3-4-9-12-23-15-16-24(13-10-7-5-6-8-11-14-28(33)39-20-25-17-36-25)30(32(35)41-22-27-19-38-27)29(23)31(34)40-21-26-18-37-26;1-2-3-8-11-22-14-15-23(12-9-6-4-5-7-10-13-27(32)38-19-24-16-35-24)29(31(34)40-21-26-18-37-26)28(22)30(33)39-20-25-17-36-25;1-2-3-4-5-6-7-8-9-10-11-12-13-14-15-16-17-21(22)24-19-20-18-23-20/h15-16,23-27,29-30H,2-14,17-22H2,1H3;3,8,14-15,22-26,28-29H,2,4-7,9-13,16-21H2,1H3;9-10,20H,2-8,11-19H2,1H3/b;8-3+;10-9+. The minimum absolute atomic E-state index is 0.0164. The topological polar surface area (TPSA) is 272 Å². The molecule has 0 saturated carbocycles. The highest BCUT2D eigenvalue weighted by atomic mass is 16.6. The van der Waals surface area contributed by atoms with Gasteiger partial charge in [0.05, 0.1) is 69.9 Å². The maximum absolute atomic E-state index is 13.5. The van der Waals surface area contributed by atoms with Crippen molar-refractivity contribution in [2.24, 2.45) is 47.3 Å². The quantitative estimate of drug-likeness (QED) is 0.0180. The predicted molar refractivity (Wildman–Crippen MR) is 397 cm³/mol. The van der Waals surface area contributed by atoms with Crippen LogP contribution in [0.25, 0.3) is 0 Å². The summed E-state index contributed by atoms with van der Waals surface area (Å²) < 4.78 is 74.2. The van der Waals surface area contributed by atoms with Crippen molar-refractivity contribution >= 4 is 41.8 Å². The molecule has 21 nitrogen and oxygen atoms in total. The smallest absolute Gasteiger partial charge is 0.310 e. The molecule has 7 saturated heterocycles. The molecule has 7 heterocycles. The SMILES string of the molecule is CC/C=C/CC1C=CC(CCCCCCCCC(=O)OCC2CO2)C(C(=O)OCC2CO2)C1C(=O)OCC1CO1.CCCCCCC1C=CC(CCCCCCCCC(=O)OCC2CO2)C(C(=O)OCC2CO2)C1C(=O)OCC1CO1.CCCCCCCC/C=C/CCCCCCCC(=O)OCC1CO1. The maximum Gasteiger partial charge on any atom is 0.310 e. The van der Waals surface area contributed by atoms with Crippen molar-refractivity contribution in [3.63, 3.8) is 0 Å². The molecule has 0 aromatic carbocycles. The van der Waals surface area contributed by atoms with Gasteiger partial charge in [-0.3, -0.25) is 33.6 Å². The second-order valence-electron chi connectivity index (χ2n) is 30.4. The summed E-state index contributed by atoms with van der Waals surface area (Å²) in [5.74, 6) is -4.19. The van der Waals surface area contributed by atoms with Crippen molar-refractivity contribution in [2.75, 3.05) is 92.5 Å². The molecule has 0 spiro atoms. The fourth-order valence-corrected chi connectivity index (χ4v) is 13.7. The first-order valence-corrected chi connectivity index (χ1v) is 41.5. The number of allylic oxidation sites excluding steroid dienone is 8. The summed E-state index contributed by atoms with van der Waals surface area (Å²) >= 11 is 0. The van der Waals surface area contributed by atoms with Crippen molar-refractivity contribution < 1.29 is 99.9 Å². The lowest BCUT2D eigenvalue weighted by atomic mass is 9.67. The van der Waals surface area contributed by atoms with Gasteiger partial charge in [0.1, 0.15) is 89.0 Å². The predicted octanol–water partition coefficient (Wildman–Crippen LogP) is 15.2. The zero-order valence-corrected chi connectivity index (χ0v) is 64.4. The normalized spacial score (nSPS) is 26.8. The monoisotopic (exact) mass is 1480 g/mol. The molecule has 15 atom stereocenters. The van der Waals surface area contributed by atoms with Crippen molar-refractivity contribution in [1.82, 2.24) is 0 Å². The van der Waals surface area contributed by atoms with E-state index in [-0.39, 0.29) is 135 Å². The fraction of sp³-hybridized carbons (Fsp3) is 0.821. The van der Waals surface area contributed by atoms with Crippen LogP contribution in [0, 0.1) is 47.3 Å². The van der Waals surface area contributed by atoms with Crippen LogP contribution in [-0.4, -0.2) is 177 Å². The van der Waals surface area contributed by atoms with Gasteiger partial charge in [-0.15, -0.1) is 0 Å². The Morgan fingerprint density at radius 2 is 0.524 bits per heavy atom. The highest BCUT2D eigenvalue weighted by Gasteiger charge is 2.49. The Morgan fingerprint density at radius 3 is 0.810 bits per heavy atom. The van der Waals surface area contributed by atoms with E-state index in [2.05, 4.69) is 69.4 Å². The van der Waals surface area contributed by atoms with Gasteiger partial charge in [-0.1, -0.05) is 211 Å². The number of hydrogen-bond acceptors (Lipinski definition) is 21. The van der Waals surface area contributed by atoms with Gasteiger partial charge >= 0.3 is 41.8 Å². The van der Waals surface area contributed by atoms with E-state index in [4.69, 9.17) is 66.3 Å². The Morgan fingerprint density at radius 1 is 0.286 bits per heavy atom. The summed E-state index contributed by atoms with van der Waals surface area (Å²) in [6.07, 6.45) is 56.2. The number of epoxide rings is 7. The molecule has 9 rings (SSSR count). The number of hydrogen-bond donors (Lipinski definition) is 0. The molecule has 21 heteroatoms. The summed E-state index contributed by atoms with van der Waals surface area (Å²) in [6, 6.07) is 0. The highest BCUT2D eigenvalue weighted by Crippen LogP contribution is 2.43. The first kappa shape index (κ1) is 87.2. The summed E-state index contributed by atoms with van der Waals surface area (Å²) in [6.45, 7) is 13.3. The van der Waals surface area contributed by atoms with Crippen molar-refractivity contribution in [3.05, 3.63) is 48.6 Å². The van der Waals surface area contributed by atoms with Gasteiger partial charge in [-0.05, 0) is 101 Å². The number of carbonyl (C=O) groups is 7. The van der Waals surface area contributed by atoms with Gasteiger partial charge < -0.3 is 66.3 Å². The van der Waals surface area contributed by atoms with Gasteiger partial charge in [0.25, 0.3) is 0 Å². The Labute approximate surface area is 628 Å². The number of unbranched alkanes of at least 4 members (excludes halogenated alkanes) is 24. The van der Waals surface area contributed by atoms with E-state index in [1.165, 1.54) is 77.0 Å². The number of esters is 7. The Balaban J connectivity index is 0.000000228. The van der Waals surface area contributed by atoms with Gasteiger partial charge in [-0.25, -0.2) is 0 Å². The molecule has 0 aromatic rings. The number of carbonyl (C=O) groups excluding carboxylic acids is 7. The van der Waals surface area contributed by atoms with Crippen LogP contribution in [0.1, 0.15) is 258 Å². The van der Waals surface area contributed by atoms with Crippen LogP contribution in [0.5, 0.6) is 0 Å². The van der Waals surface area contributed by atoms with Crippen LogP contribution in [0.15, 0.2) is 48.6 Å². The first-order chi connectivity index (χ1) is 51.4. The Kier molecular flexibility index (Phi) is 44.0. The first-order valence-electron chi connectivity index (χ1n) is 41.5. The average molecular weight is 1480 g/mol. The second kappa shape index (κ2) is 52.9. The summed E-state index contributed by atoms with van der Waals surface area (Å²) in [5, 5.41) is 0. The van der Waals surface area contributed by atoms with E-state index >= 15 is 0 Å². The molecule has 0 bridgehead atoms. The molecule has 7 aliphatic heterocycles. The third-order valence-corrected chi connectivity index (χ3v) is 20.9. The molecule has 0 aromatic heterocycles. The molecule has 7 fully saturated rings. The molecule has 2 aliphatic carbocycles. The molecule has 9 aliphatic rings. The van der Waals surface area contributed by atoms with Crippen LogP contribution in [-0.2, 0) is 99.9 Å². The minimum atomic E-state index is -0.589. The maximum atomic E-state index is 13.5. The van der Waals surface area contributed by atoms with E-state index in [9.17, 15) is 33.6 Å². The van der Waals surface area contributed by atoms with Crippen molar-refractivity contribution in [1.29, 1.82) is 0 Å². The second-order valence-corrected chi connectivity index (χ2v) is 30.4. The molecule has 0 N–H and O–H groups in total. The van der Waals surface area contributed by atoms with E-state index in [0.29, 0.717) is 85.1 Å². The van der Waals surface area contributed by atoms with Gasteiger partial charge in [-0.2, -0.15) is 0 Å². The third-order valence-electron chi connectivity index (χ3n) is 20.9. The lowest BCUT2D eigenvalue weighted by Gasteiger charge is -2.37. The van der Waals surface area contributed by atoms with Crippen LogP contribution in [0.4, 0.5) is 0 Å². The molecular weight excluding hydrogens is 1340 g/mol. The van der Waals surface area contributed by atoms with Crippen LogP contribution in [0.2, 0.25) is 0 Å². The molecular formula is C84H134O21.